The number of carboxylic acid groups (broad SMARTS) is 4. The summed E-state index contributed by atoms with van der Waals surface area (Å²) in [6.07, 6.45) is 48.6. The van der Waals surface area contributed by atoms with Crippen molar-refractivity contribution in [1.29, 1.82) is 0 Å². The van der Waals surface area contributed by atoms with Gasteiger partial charge >= 0.3 is 53.7 Å². The van der Waals surface area contributed by atoms with Gasteiger partial charge < -0.3 is 39.4 Å². The molecule has 0 aliphatic carbocycles. The van der Waals surface area contributed by atoms with Crippen LogP contribution in [0.1, 0.15) is 252 Å². The van der Waals surface area contributed by atoms with Gasteiger partial charge in [-0.25, -0.2) is 0 Å². The number of carbonyl (C=O) groups is 9. The molecule has 0 amide bonds. The summed E-state index contributed by atoms with van der Waals surface area (Å²) in [5.74, 6) is -9.80. The van der Waals surface area contributed by atoms with Crippen LogP contribution in [0.3, 0.4) is 0 Å². The van der Waals surface area contributed by atoms with E-state index in [1.165, 1.54) is 0 Å². The maximum absolute atomic E-state index is 13.0. The van der Waals surface area contributed by atoms with Gasteiger partial charge in [-0.2, -0.15) is 0 Å². The fraction of sp³-hybridized carbons (Fsp3) is 0.696. The summed E-state index contributed by atoms with van der Waals surface area (Å²) in [5.41, 5.74) is 0. The number of hydrogen-bond acceptors (Lipinski definition) is 13. The molecule has 0 aromatic carbocycles. The maximum Gasteiger partial charge on any atom is 0.317 e. The molecule has 0 radical (unpaired) electrons. The molecule has 1 rings (SSSR count). The second kappa shape index (κ2) is 52.0. The van der Waals surface area contributed by atoms with E-state index in [0.29, 0.717) is 44.9 Å². The summed E-state index contributed by atoms with van der Waals surface area (Å²) < 4.78 is 21.6. The molecule has 0 aromatic rings. The summed E-state index contributed by atoms with van der Waals surface area (Å²) >= 11 is 0. The van der Waals surface area contributed by atoms with E-state index in [2.05, 4.69) is 32.1 Å². The highest BCUT2D eigenvalue weighted by molar-refractivity contribution is 5.95. The molecular formula is C69H108O17. The predicted molar refractivity (Wildman–Crippen MR) is 332 cm³/mol. The third kappa shape index (κ3) is 41.8. The first kappa shape index (κ1) is 77.9. The standard InChI is InChI=1S/C69H108O17/c1-4-7-9-10-26-35-43-55(59(68(80)81)50-62(72)73)44-36-29-24-25-32-40-48-65(76)85-57(52-83-63(74)46-38-30-22-18-14-12-11-13-16-20-27-34-41-54(6-3)58(67(78)79)49-61(70)71)53-84-64(75)47-39-31-23-19-15-17-21-28-37-45-56(42-33-8-5-2)60-51-66(77)86-69(60)82/h11,13,20-21,27-28,34,36-37,41,44-45,54-60H,4-10,12,14-19,22-26,29-33,35,38-40,42-43,46-53H2,1-3H3,(H,70,71)(H,72,73)(H,78,79)(H,80,81)/b13-11-,27-20-,28-21-,41-34+,44-36+,45-37+. The predicted octanol–water partition coefficient (Wildman–Crippen LogP) is 15.5. The van der Waals surface area contributed by atoms with Crippen LogP contribution in [-0.4, -0.2) is 93.5 Å². The molecule has 86 heavy (non-hydrogen) atoms. The van der Waals surface area contributed by atoms with Crippen molar-refractivity contribution >= 4 is 53.7 Å². The fourth-order valence-corrected chi connectivity index (χ4v) is 10.4. The zero-order chi connectivity index (χ0) is 63.4. The van der Waals surface area contributed by atoms with E-state index in [-0.39, 0.29) is 56.7 Å². The number of hydrogen-bond donors (Lipinski definition) is 4. The second-order valence-corrected chi connectivity index (χ2v) is 22.9. The Hall–Kier alpha value is -6.13. The Morgan fingerprint density at radius 1 is 0.488 bits per heavy atom. The zero-order valence-electron chi connectivity index (χ0n) is 52.4. The van der Waals surface area contributed by atoms with E-state index in [1.54, 1.807) is 12.2 Å². The molecule has 1 fully saturated rings. The number of allylic oxidation sites excluding steroid dienone is 12. The Balaban J connectivity index is 2.63. The molecule has 1 saturated heterocycles. The van der Waals surface area contributed by atoms with Crippen LogP contribution in [0.15, 0.2) is 72.9 Å². The normalized spacial score (nSPS) is 15.9. The second-order valence-electron chi connectivity index (χ2n) is 22.9. The highest BCUT2D eigenvalue weighted by Crippen LogP contribution is 2.30. The van der Waals surface area contributed by atoms with Gasteiger partial charge in [0.2, 0.25) is 0 Å². The molecule has 17 nitrogen and oxygen atoms in total. The van der Waals surface area contributed by atoms with E-state index in [1.807, 2.05) is 49.5 Å². The Morgan fingerprint density at radius 2 is 0.953 bits per heavy atom. The molecule has 7 unspecified atom stereocenters. The smallest absolute Gasteiger partial charge is 0.317 e. The molecule has 1 aliphatic rings. The number of carbonyl (C=O) groups excluding carboxylic acids is 5. The van der Waals surface area contributed by atoms with E-state index in [4.69, 9.17) is 24.1 Å². The van der Waals surface area contributed by atoms with Crippen LogP contribution in [0.2, 0.25) is 0 Å². The topological polar surface area (TPSA) is 271 Å². The van der Waals surface area contributed by atoms with Crippen LogP contribution in [0.4, 0.5) is 0 Å². The van der Waals surface area contributed by atoms with Crippen LogP contribution in [0.5, 0.6) is 0 Å². The van der Waals surface area contributed by atoms with Gasteiger partial charge in [-0.15, -0.1) is 0 Å². The quantitative estimate of drug-likeness (QED) is 0.0110. The number of esters is 5. The first-order valence-electron chi connectivity index (χ1n) is 32.6. The molecular weight excluding hydrogens is 1100 g/mol. The van der Waals surface area contributed by atoms with Gasteiger partial charge in [0.05, 0.1) is 37.0 Å². The largest absolute Gasteiger partial charge is 0.481 e. The summed E-state index contributed by atoms with van der Waals surface area (Å²) in [6, 6.07) is 0. The van der Waals surface area contributed by atoms with Crippen LogP contribution in [0, 0.1) is 35.5 Å². The minimum atomic E-state index is -1.13. The van der Waals surface area contributed by atoms with Crippen molar-refractivity contribution in [2.75, 3.05) is 13.2 Å². The first-order chi connectivity index (χ1) is 41.5. The van der Waals surface area contributed by atoms with E-state index >= 15 is 0 Å². The SMILES string of the molecule is CCCCCCCCC(/C=C/CCCCCCC(=O)OC(COC(=O)CCCCCCC/C=C\C=C\C(CCCCC)C1CC(=O)OC1=O)COC(=O)CCCCCCC/C=C\C/C=C\C=C\C(CC)C(CC(=O)O)C(=O)O)C(CC(=O)O)C(=O)O. The van der Waals surface area contributed by atoms with E-state index in [0.717, 1.165) is 148 Å². The molecule has 486 valence electrons. The maximum atomic E-state index is 13.0. The number of carboxylic acids is 4. The van der Waals surface area contributed by atoms with Gasteiger partial charge in [-0.1, -0.05) is 203 Å². The lowest BCUT2D eigenvalue weighted by Gasteiger charge is -2.20. The molecule has 1 aliphatic heterocycles. The highest BCUT2D eigenvalue weighted by atomic mass is 16.6. The van der Waals surface area contributed by atoms with Crippen LogP contribution >= 0.6 is 0 Å². The van der Waals surface area contributed by atoms with Crippen molar-refractivity contribution < 1.29 is 82.5 Å². The van der Waals surface area contributed by atoms with Crippen LogP contribution in [-0.2, 0) is 62.1 Å². The minimum Gasteiger partial charge on any atom is -0.481 e. The average molecular weight is 1210 g/mol. The summed E-state index contributed by atoms with van der Waals surface area (Å²) in [6.45, 7) is 5.63. The van der Waals surface area contributed by atoms with Crippen molar-refractivity contribution in [3.8, 4) is 0 Å². The van der Waals surface area contributed by atoms with Crippen molar-refractivity contribution in [2.45, 2.75) is 258 Å². The first-order valence-corrected chi connectivity index (χ1v) is 32.6. The van der Waals surface area contributed by atoms with Crippen molar-refractivity contribution in [3.63, 3.8) is 0 Å². The summed E-state index contributed by atoms with van der Waals surface area (Å²) in [7, 11) is 0. The highest BCUT2D eigenvalue weighted by Gasteiger charge is 2.38. The lowest BCUT2D eigenvalue weighted by Crippen LogP contribution is -2.30. The van der Waals surface area contributed by atoms with Crippen molar-refractivity contribution in [3.05, 3.63) is 72.9 Å². The molecule has 0 aromatic heterocycles. The third-order valence-corrected chi connectivity index (χ3v) is 15.6. The van der Waals surface area contributed by atoms with Crippen LogP contribution < -0.4 is 0 Å². The lowest BCUT2D eigenvalue weighted by atomic mass is 9.84. The number of unbranched alkanes of at least 4 members (excludes halogenated alkanes) is 21. The summed E-state index contributed by atoms with van der Waals surface area (Å²) in [4.78, 5) is 109. The third-order valence-electron chi connectivity index (χ3n) is 15.6. The number of ether oxygens (including phenoxy) is 4. The van der Waals surface area contributed by atoms with Gasteiger partial charge in [-0.05, 0) is 101 Å². The van der Waals surface area contributed by atoms with E-state index < -0.39 is 90.4 Å². The van der Waals surface area contributed by atoms with Gasteiger partial charge in [0.15, 0.2) is 6.10 Å². The fourth-order valence-electron chi connectivity index (χ4n) is 10.4. The molecule has 0 bridgehead atoms. The minimum absolute atomic E-state index is 0.0224. The number of aliphatic carboxylic acids is 4. The van der Waals surface area contributed by atoms with Crippen molar-refractivity contribution in [2.24, 2.45) is 35.5 Å². The molecule has 4 N–H and O–H groups in total. The number of rotatable bonds is 56. The van der Waals surface area contributed by atoms with Crippen LogP contribution in [0.25, 0.3) is 0 Å². The Morgan fingerprint density at radius 3 is 1.49 bits per heavy atom. The monoisotopic (exact) mass is 1210 g/mol. The molecule has 0 saturated carbocycles. The Labute approximate surface area is 513 Å². The average Bonchev–Trinajstić information content (AvgIpc) is 3.47. The van der Waals surface area contributed by atoms with Gasteiger partial charge in [0.1, 0.15) is 13.2 Å². The van der Waals surface area contributed by atoms with E-state index in [9.17, 15) is 58.5 Å². The van der Waals surface area contributed by atoms with Gasteiger partial charge in [-0.3, -0.25) is 43.2 Å². The molecule has 17 heteroatoms. The van der Waals surface area contributed by atoms with Gasteiger partial charge in [0.25, 0.3) is 0 Å². The Kier molecular flexibility index (Phi) is 47.1. The Bertz CT molecular complexity index is 2120. The molecule has 0 spiro atoms. The molecule has 1 heterocycles. The van der Waals surface area contributed by atoms with Crippen molar-refractivity contribution in [1.82, 2.24) is 0 Å². The summed E-state index contributed by atoms with van der Waals surface area (Å²) in [5, 5.41) is 37.7. The lowest BCUT2D eigenvalue weighted by molar-refractivity contribution is -0.167. The zero-order valence-corrected chi connectivity index (χ0v) is 52.4. The number of cyclic esters (lactones) is 2. The molecule has 7 atom stereocenters. The van der Waals surface area contributed by atoms with Gasteiger partial charge in [0, 0.05) is 19.3 Å².